The largest absolute Gasteiger partial charge is 0.394 e. The molecule has 5 N–H and O–H groups in total. The minimum absolute atomic E-state index is 0.131. The lowest BCUT2D eigenvalue weighted by Crippen LogP contribution is -2.58. The van der Waals surface area contributed by atoms with Crippen LogP contribution in [0.1, 0.15) is 155 Å². The zero-order valence-corrected chi connectivity index (χ0v) is 25.0. The highest BCUT2D eigenvalue weighted by Gasteiger charge is 2.43. The summed E-state index contributed by atoms with van der Waals surface area (Å²) in [6, 6.07) is 0. The van der Waals surface area contributed by atoms with Crippen molar-refractivity contribution in [3.63, 3.8) is 0 Å². The number of rotatable bonds is 26. The third-order valence-corrected chi connectivity index (χ3v) is 8.28. The standard InChI is InChI=1S/C32H62O7/c1-26(34)21-19-17-15-13-11-9-7-5-3-2-4-6-8-10-12-14-16-18-20-22-27(35)23-24-28-30(36)32(38)31(37)29(25-33)39-28/h26,28-34,36-38H,2-25H2,1H3/t26?,28-,29-,30+,31-,32-/m1/s1. The Morgan fingerprint density at radius 3 is 1.38 bits per heavy atom. The molecule has 0 aromatic heterocycles. The summed E-state index contributed by atoms with van der Waals surface area (Å²) in [5.41, 5.74) is 0. The van der Waals surface area contributed by atoms with Crippen LogP contribution in [0, 0.1) is 0 Å². The maximum absolute atomic E-state index is 12.2. The molecule has 1 fully saturated rings. The Bertz CT molecular complexity index is 569. The molecule has 232 valence electrons. The summed E-state index contributed by atoms with van der Waals surface area (Å²) >= 11 is 0. The lowest BCUT2D eigenvalue weighted by molar-refractivity contribution is -0.230. The second-order valence-corrected chi connectivity index (χ2v) is 12.0. The molecule has 1 aliphatic heterocycles. The lowest BCUT2D eigenvalue weighted by atomic mass is 9.92. The summed E-state index contributed by atoms with van der Waals surface area (Å²) in [4.78, 5) is 12.2. The van der Waals surface area contributed by atoms with Gasteiger partial charge in [0.05, 0.1) is 18.8 Å². The lowest BCUT2D eigenvalue weighted by Gasteiger charge is -2.40. The van der Waals surface area contributed by atoms with Crippen molar-refractivity contribution in [2.75, 3.05) is 6.61 Å². The number of aliphatic hydroxyl groups excluding tert-OH is 5. The van der Waals surface area contributed by atoms with Crippen molar-refractivity contribution < 1.29 is 35.1 Å². The zero-order valence-electron chi connectivity index (χ0n) is 25.0. The molecule has 0 spiro atoms. The minimum Gasteiger partial charge on any atom is -0.394 e. The van der Waals surface area contributed by atoms with E-state index in [4.69, 9.17) is 4.74 Å². The first-order valence-corrected chi connectivity index (χ1v) is 16.4. The van der Waals surface area contributed by atoms with E-state index in [2.05, 4.69) is 0 Å². The molecular weight excluding hydrogens is 496 g/mol. The molecule has 0 aliphatic carbocycles. The van der Waals surface area contributed by atoms with Gasteiger partial charge in [0.2, 0.25) is 0 Å². The first kappa shape index (κ1) is 36.5. The van der Waals surface area contributed by atoms with Gasteiger partial charge in [0.15, 0.2) is 0 Å². The molecule has 1 heterocycles. The number of ketones is 1. The van der Waals surface area contributed by atoms with Crippen molar-refractivity contribution in [3.8, 4) is 0 Å². The van der Waals surface area contributed by atoms with Crippen molar-refractivity contribution in [2.24, 2.45) is 0 Å². The zero-order chi connectivity index (χ0) is 28.7. The summed E-state index contributed by atoms with van der Waals surface area (Å²) in [6.45, 7) is 1.44. The van der Waals surface area contributed by atoms with Crippen LogP contribution in [0.2, 0.25) is 0 Å². The number of hydrogen-bond acceptors (Lipinski definition) is 7. The van der Waals surface area contributed by atoms with Crippen LogP contribution in [0.5, 0.6) is 0 Å². The summed E-state index contributed by atoms with van der Waals surface area (Å²) in [7, 11) is 0. The summed E-state index contributed by atoms with van der Waals surface area (Å²) in [5, 5.41) is 48.2. The normalized spacial score (nSPS) is 24.2. The van der Waals surface area contributed by atoms with Crippen LogP contribution in [0.3, 0.4) is 0 Å². The van der Waals surface area contributed by atoms with E-state index in [1.54, 1.807) is 0 Å². The van der Waals surface area contributed by atoms with Gasteiger partial charge in [-0.25, -0.2) is 0 Å². The van der Waals surface area contributed by atoms with Gasteiger partial charge in [0, 0.05) is 12.8 Å². The van der Waals surface area contributed by atoms with Crippen molar-refractivity contribution >= 4 is 5.78 Å². The predicted molar refractivity (Wildman–Crippen MR) is 157 cm³/mol. The molecule has 0 bridgehead atoms. The highest BCUT2D eigenvalue weighted by atomic mass is 16.5. The van der Waals surface area contributed by atoms with Gasteiger partial charge in [0.25, 0.3) is 0 Å². The molecule has 1 rings (SSSR count). The van der Waals surface area contributed by atoms with Gasteiger partial charge in [0.1, 0.15) is 30.2 Å². The van der Waals surface area contributed by atoms with Crippen LogP contribution in [0.25, 0.3) is 0 Å². The van der Waals surface area contributed by atoms with Crippen LogP contribution < -0.4 is 0 Å². The van der Waals surface area contributed by atoms with E-state index >= 15 is 0 Å². The monoisotopic (exact) mass is 558 g/mol. The fraction of sp³-hybridized carbons (Fsp3) is 0.969. The Morgan fingerprint density at radius 1 is 0.590 bits per heavy atom. The van der Waals surface area contributed by atoms with Gasteiger partial charge in [-0.1, -0.05) is 116 Å². The van der Waals surface area contributed by atoms with Crippen LogP contribution in [0.15, 0.2) is 0 Å². The smallest absolute Gasteiger partial charge is 0.133 e. The first-order chi connectivity index (χ1) is 18.9. The van der Waals surface area contributed by atoms with E-state index in [9.17, 15) is 30.3 Å². The van der Waals surface area contributed by atoms with Crippen molar-refractivity contribution in [3.05, 3.63) is 0 Å². The molecule has 0 radical (unpaired) electrons. The Balaban J connectivity index is 1.81. The molecule has 0 aromatic rings. The first-order valence-electron chi connectivity index (χ1n) is 16.4. The number of carbonyl (C=O) groups is 1. The number of ether oxygens (including phenoxy) is 1. The maximum Gasteiger partial charge on any atom is 0.133 e. The highest BCUT2D eigenvalue weighted by Crippen LogP contribution is 2.24. The van der Waals surface area contributed by atoms with Gasteiger partial charge in [-0.15, -0.1) is 0 Å². The molecule has 39 heavy (non-hydrogen) atoms. The number of hydrogen-bond donors (Lipinski definition) is 5. The van der Waals surface area contributed by atoms with E-state index in [0.29, 0.717) is 6.42 Å². The Kier molecular flexibility index (Phi) is 22.5. The molecule has 0 aromatic carbocycles. The molecule has 6 atom stereocenters. The average molecular weight is 559 g/mol. The fourth-order valence-corrected chi connectivity index (χ4v) is 5.61. The Hall–Kier alpha value is -0.570. The van der Waals surface area contributed by atoms with Gasteiger partial charge < -0.3 is 30.3 Å². The van der Waals surface area contributed by atoms with Gasteiger partial charge in [-0.3, -0.25) is 4.79 Å². The number of aliphatic hydroxyl groups is 5. The minimum atomic E-state index is -1.37. The van der Waals surface area contributed by atoms with E-state index in [0.717, 1.165) is 19.3 Å². The second kappa shape index (κ2) is 24.1. The molecule has 1 unspecified atom stereocenters. The molecule has 7 heteroatoms. The SMILES string of the molecule is CC(O)CCCCCCCCCCCCCCCCCCCCCC(=O)CC[C@H]1O[C@H](CO)[C@@H](O)[C@H](O)[C@H]1O. The number of Topliss-reactive ketones (excluding diaryl/α,β-unsaturated/α-hetero) is 1. The fourth-order valence-electron chi connectivity index (χ4n) is 5.61. The van der Waals surface area contributed by atoms with Crippen molar-refractivity contribution in [1.29, 1.82) is 0 Å². The molecule has 0 amide bonds. The van der Waals surface area contributed by atoms with Crippen LogP contribution in [0.4, 0.5) is 0 Å². The number of carbonyl (C=O) groups excluding carboxylic acids is 1. The average Bonchev–Trinajstić information content (AvgIpc) is 2.92. The molecule has 7 nitrogen and oxygen atoms in total. The van der Waals surface area contributed by atoms with Crippen LogP contribution in [-0.2, 0) is 9.53 Å². The maximum atomic E-state index is 12.2. The summed E-state index contributed by atoms with van der Waals surface area (Å²) < 4.78 is 5.47. The summed E-state index contributed by atoms with van der Waals surface area (Å²) in [5.74, 6) is 0.131. The molecule has 1 aliphatic rings. The molecule has 0 saturated carbocycles. The number of unbranched alkanes of at least 4 members (excludes halogenated alkanes) is 18. The topological polar surface area (TPSA) is 127 Å². The third kappa shape index (κ3) is 18.5. The molecular formula is C32H62O7. The van der Waals surface area contributed by atoms with E-state index < -0.39 is 37.1 Å². The third-order valence-electron chi connectivity index (χ3n) is 8.28. The van der Waals surface area contributed by atoms with Gasteiger partial charge in [-0.05, 0) is 26.2 Å². The van der Waals surface area contributed by atoms with Crippen LogP contribution in [-0.4, -0.2) is 74.5 Å². The van der Waals surface area contributed by atoms with E-state index in [1.807, 2.05) is 6.92 Å². The van der Waals surface area contributed by atoms with Crippen LogP contribution >= 0.6 is 0 Å². The molecule has 1 saturated heterocycles. The predicted octanol–water partition coefficient (Wildman–Crippen LogP) is 5.75. The van der Waals surface area contributed by atoms with Gasteiger partial charge >= 0.3 is 0 Å². The Labute approximate surface area is 238 Å². The van der Waals surface area contributed by atoms with E-state index in [-0.39, 0.29) is 24.7 Å². The highest BCUT2D eigenvalue weighted by molar-refractivity contribution is 5.78. The quantitative estimate of drug-likeness (QED) is 0.0855. The van der Waals surface area contributed by atoms with E-state index in [1.165, 1.54) is 109 Å². The Morgan fingerprint density at radius 2 is 0.974 bits per heavy atom. The van der Waals surface area contributed by atoms with Crippen molar-refractivity contribution in [1.82, 2.24) is 0 Å². The second-order valence-electron chi connectivity index (χ2n) is 12.0. The summed E-state index contributed by atoms with van der Waals surface area (Å²) in [6.07, 6.45) is 20.7. The van der Waals surface area contributed by atoms with Gasteiger partial charge in [-0.2, -0.15) is 0 Å². The van der Waals surface area contributed by atoms with Crippen molar-refractivity contribution in [2.45, 2.75) is 191 Å².